The number of rotatable bonds is 7. The van der Waals surface area contributed by atoms with Gasteiger partial charge in [0, 0.05) is 18.7 Å². The van der Waals surface area contributed by atoms with Crippen molar-refractivity contribution in [2.75, 3.05) is 6.54 Å². The van der Waals surface area contributed by atoms with Gasteiger partial charge in [-0.1, -0.05) is 38.1 Å². The molecule has 0 saturated heterocycles. The Kier molecular flexibility index (Phi) is 6.61. The highest BCUT2D eigenvalue weighted by Crippen LogP contribution is 2.28. The zero-order valence-corrected chi connectivity index (χ0v) is 16.5. The number of carbonyl (C=O) groups excluding carboxylic acids is 1. The molecular formula is C22H28N2O3. The van der Waals surface area contributed by atoms with Crippen molar-refractivity contribution in [1.29, 1.82) is 0 Å². The number of benzene rings is 2. The first-order chi connectivity index (χ1) is 12.7. The number of hydrogen-bond acceptors (Lipinski definition) is 2. The minimum Gasteiger partial charge on any atom is -0.465 e. The fourth-order valence-corrected chi connectivity index (χ4v) is 3.12. The molecule has 0 saturated carbocycles. The molecule has 5 heteroatoms. The lowest BCUT2D eigenvalue weighted by Gasteiger charge is -2.21. The van der Waals surface area contributed by atoms with Gasteiger partial charge in [-0.05, 0) is 66.1 Å². The van der Waals surface area contributed by atoms with Crippen molar-refractivity contribution in [2.45, 2.75) is 40.7 Å². The summed E-state index contributed by atoms with van der Waals surface area (Å²) in [6.45, 7) is 9.05. The highest BCUT2D eigenvalue weighted by molar-refractivity contribution is 5.93. The molecule has 0 atom stereocenters. The number of nitrogens with zero attached hydrogens (tertiary/aromatic N) is 1. The molecule has 2 aromatic carbocycles. The topological polar surface area (TPSA) is 83.6 Å². The number of aryl methyl sites for hydroxylation is 2. The van der Waals surface area contributed by atoms with Crippen LogP contribution in [0.25, 0.3) is 11.1 Å². The molecular weight excluding hydrogens is 340 g/mol. The van der Waals surface area contributed by atoms with E-state index in [1.807, 2.05) is 38.1 Å². The van der Waals surface area contributed by atoms with Crippen LogP contribution in [0.15, 0.2) is 36.4 Å². The van der Waals surface area contributed by atoms with Crippen LogP contribution in [-0.2, 0) is 6.54 Å². The first kappa shape index (κ1) is 20.5. The molecule has 0 aliphatic heterocycles. The van der Waals surface area contributed by atoms with Crippen LogP contribution in [-0.4, -0.2) is 28.6 Å². The average molecular weight is 368 g/mol. The van der Waals surface area contributed by atoms with Gasteiger partial charge in [0.2, 0.25) is 5.91 Å². The number of nitrogens with two attached hydrogens (primary N) is 1. The fourth-order valence-electron chi connectivity index (χ4n) is 3.12. The summed E-state index contributed by atoms with van der Waals surface area (Å²) >= 11 is 0. The van der Waals surface area contributed by atoms with E-state index in [0.29, 0.717) is 24.6 Å². The van der Waals surface area contributed by atoms with E-state index < -0.39 is 12.0 Å². The fraction of sp³-hybridized carbons (Fsp3) is 0.364. The second kappa shape index (κ2) is 8.71. The van der Waals surface area contributed by atoms with Crippen LogP contribution in [0.5, 0.6) is 0 Å². The summed E-state index contributed by atoms with van der Waals surface area (Å²) in [5.74, 6) is 0.0224. The predicted octanol–water partition coefficient (Wildman–Crippen LogP) is 4.60. The SMILES string of the molecule is Cc1cc(CN(CCC(C)C)C(=O)O)ccc1-c1ccc(C(N)=O)cc1C. The molecule has 0 aromatic heterocycles. The van der Waals surface area contributed by atoms with Crippen molar-refractivity contribution >= 4 is 12.0 Å². The maximum Gasteiger partial charge on any atom is 0.407 e. The molecule has 0 heterocycles. The summed E-state index contributed by atoms with van der Waals surface area (Å²) in [4.78, 5) is 24.3. The Morgan fingerprint density at radius 3 is 2.11 bits per heavy atom. The molecule has 5 nitrogen and oxygen atoms in total. The number of carbonyl (C=O) groups is 2. The normalized spacial score (nSPS) is 10.9. The van der Waals surface area contributed by atoms with Crippen LogP contribution in [0.1, 0.15) is 47.3 Å². The summed E-state index contributed by atoms with van der Waals surface area (Å²) < 4.78 is 0. The Morgan fingerprint density at radius 2 is 1.63 bits per heavy atom. The van der Waals surface area contributed by atoms with E-state index in [4.69, 9.17) is 5.73 Å². The molecule has 2 aromatic rings. The molecule has 2 rings (SSSR count). The van der Waals surface area contributed by atoms with Gasteiger partial charge in [-0.3, -0.25) is 4.79 Å². The second-order valence-corrected chi connectivity index (χ2v) is 7.43. The van der Waals surface area contributed by atoms with Crippen molar-refractivity contribution in [3.63, 3.8) is 0 Å². The molecule has 0 aliphatic rings. The molecule has 0 radical (unpaired) electrons. The van der Waals surface area contributed by atoms with E-state index in [9.17, 15) is 14.7 Å². The zero-order valence-electron chi connectivity index (χ0n) is 16.5. The number of carboxylic acid groups (broad SMARTS) is 1. The zero-order chi connectivity index (χ0) is 20.1. The lowest BCUT2D eigenvalue weighted by atomic mass is 9.93. The lowest BCUT2D eigenvalue weighted by Crippen LogP contribution is -2.30. The monoisotopic (exact) mass is 368 g/mol. The van der Waals surface area contributed by atoms with Crippen molar-refractivity contribution in [1.82, 2.24) is 4.90 Å². The Labute approximate surface area is 160 Å². The molecule has 0 unspecified atom stereocenters. The van der Waals surface area contributed by atoms with Gasteiger partial charge in [0.25, 0.3) is 0 Å². The van der Waals surface area contributed by atoms with E-state index in [-0.39, 0.29) is 0 Å². The first-order valence-corrected chi connectivity index (χ1v) is 9.17. The van der Waals surface area contributed by atoms with Gasteiger partial charge in [-0.15, -0.1) is 0 Å². The maximum absolute atomic E-state index is 11.5. The highest BCUT2D eigenvalue weighted by atomic mass is 16.4. The van der Waals surface area contributed by atoms with Crippen LogP contribution in [0, 0.1) is 19.8 Å². The molecule has 2 amide bonds. The average Bonchev–Trinajstić information content (AvgIpc) is 2.58. The van der Waals surface area contributed by atoms with Crippen molar-refractivity contribution < 1.29 is 14.7 Å². The minimum atomic E-state index is -0.893. The van der Waals surface area contributed by atoms with Crippen LogP contribution in [0.2, 0.25) is 0 Å². The van der Waals surface area contributed by atoms with Crippen LogP contribution in [0.4, 0.5) is 4.79 Å². The van der Waals surface area contributed by atoms with Gasteiger partial charge in [-0.25, -0.2) is 4.79 Å². The van der Waals surface area contributed by atoms with E-state index in [1.165, 1.54) is 4.90 Å². The Hall–Kier alpha value is -2.82. The summed E-state index contributed by atoms with van der Waals surface area (Å²) in [5, 5.41) is 9.44. The second-order valence-electron chi connectivity index (χ2n) is 7.43. The Morgan fingerprint density at radius 1 is 1.04 bits per heavy atom. The third kappa shape index (κ3) is 5.33. The van der Waals surface area contributed by atoms with Crippen LogP contribution in [0.3, 0.4) is 0 Å². The van der Waals surface area contributed by atoms with Gasteiger partial charge < -0.3 is 15.7 Å². The highest BCUT2D eigenvalue weighted by Gasteiger charge is 2.14. The molecule has 144 valence electrons. The van der Waals surface area contributed by atoms with Crippen molar-refractivity contribution in [3.8, 4) is 11.1 Å². The van der Waals surface area contributed by atoms with Gasteiger partial charge >= 0.3 is 6.09 Å². The van der Waals surface area contributed by atoms with E-state index in [2.05, 4.69) is 13.8 Å². The Bertz CT molecular complexity index is 843. The van der Waals surface area contributed by atoms with Crippen molar-refractivity contribution in [3.05, 3.63) is 58.7 Å². The molecule has 3 N–H and O–H groups in total. The van der Waals surface area contributed by atoms with Crippen molar-refractivity contribution in [2.24, 2.45) is 11.7 Å². The van der Waals surface area contributed by atoms with Gasteiger partial charge in [0.05, 0.1) is 0 Å². The Balaban J connectivity index is 2.24. The number of amides is 2. The van der Waals surface area contributed by atoms with Gasteiger partial charge in [0.15, 0.2) is 0 Å². The number of primary amides is 1. The molecule has 0 spiro atoms. The third-order valence-electron chi connectivity index (χ3n) is 4.71. The summed E-state index contributed by atoms with van der Waals surface area (Å²) in [7, 11) is 0. The minimum absolute atomic E-state index is 0.378. The first-order valence-electron chi connectivity index (χ1n) is 9.17. The van der Waals surface area contributed by atoms with E-state index >= 15 is 0 Å². The summed E-state index contributed by atoms with van der Waals surface area (Å²) in [5.41, 5.74) is 11.0. The molecule has 0 aliphatic carbocycles. The standard InChI is InChI=1S/C22H28N2O3/c1-14(2)9-10-24(22(26)27)13-17-5-7-19(15(3)11-17)20-8-6-18(21(23)25)12-16(20)4/h5-8,11-12,14H,9-10,13H2,1-4H3,(H2,23,25)(H,26,27). The third-order valence-corrected chi connectivity index (χ3v) is 4.71. The molecule has 27 heavy (non-hydrogen) atoms. The summed E-state index contributed by atoms with van der Waals surface area (Å²) in [6, 6.07) is 11.4. The number of hydrogen-bond donors (Lipinski definition) is 2. The quantitative estimate of drug-likeness (QED) is 0.749. The van der Waals surface area contributed by atoms with Crippen LogP contribution < -0.4 is 5.73 Å². The summed E-state index contributed by atoms with van der Waals surface area (Å²) in [6.07, 6.45) is -0.0512. The predicted molar refractivity (Wildman–Crippen MR) is 108 cm³/mol. The van der Waals surface area contributed by atoms with E-state index in [1.54, 1.807) is 12.1 Å². The van der Waals surface area contributed by atoms with E-state index in [0.717, 1.165) is 34.2 Å². The van der Waals surface area contributed by atoms with Crippen LogP contribution >= 0.6 is 0 Å². The van der Waals surface area contributed by atoms with Gasteiger partial charge in [0.1, 0.15) is 0 Å². The smallest absolute Gasteiger partial charge is 0.407 e. The largest absolute Gasteiger partial charge is 0.465 e. The molecule has 0 bridgehead atoms. The molecule has 0 fully saturated rings. The van der Waals surface area contributed by atoms with Gasteiger partial charge in [-0.2, -0.15) is 0 Å². The lowest BCUT2D eigenvalue weighted by molar-refractivity contribution is 0.1000. The maximum atomic E-state index is 11.5.